The van der Waals surface area contributed by atoms with Gasteiger partial charge >= 0.3 is 19.5 Å². The maximum absolute atomic E-state index is 13.0. The van der Waals surface area contributed by atoms with E-state index < -0.39 is 42.4 Å². The summed E-state index contributed by atoms with van der Waals surface area (Å²) >= 11 is 6.68. The molecule has 33 heavy (non-hydrogen) atoms. The second-order valence-electron chi connectivity index (χ2n) is 8.65. The Morgan fingerprint density at radius 2 is 2.09 bits per heavy atom. The van der Waals surface area contributed by atoms with Crippen LogP contribution in [0.4, 0.5) is 0 Å². The molecule has 0 radical (unpaired) electrons. The average Bonchev–Trinajstić information content (AvgIpc) is 3.34. The highest BCUT2D eigenvalue weighted by molar-refractivity contribution is 7.48. The fourth-order valence-electron chi connectivity index (χ4n) is 4.32. The maximum atomic E-state index is 13.0. The van der Waals surface area contributed by atoms with Crippen LogP contribution >= 0.6 is 19.4 Å². The number of hydrogen-bond donors (Lipinski definition) is 1. The van der Waals surface area contributed by atoms with E-state index in [-0.39, 0.29) is 31.7 Å². The van der Waals surface area contributed by atoms with Crippen molar-refractivity contribution in [2.24, 2.45) is 0 Å². The van der Waals surface area contributed by atoms with Crippen LogP contribution in [0.15, 0.2) is 21.9 Å². The minimum atomic E-state index is -3.91. The third kappa shape index (κ3) is 5.61. The highest BCUT2D eigenvalue weighted by Gasteiger charge is 2.60. The zero-order valence-corrected chi connectivity index (χ0v) is 19.9. The maximum Gasteiger partial charge on any atom is 0.475 e. The predicted molar refractivity (Wildman–Crippen MR) is 116 cm³/mol. The van der Waals surface area contributed by atoms with E-state index in [2.05, 4.69) is 4.98 Å². The molecule has 0 amide bonds. The van der Waals surface area contributed by atoms with Gasteiger partial charge in [-0.05, 0) is 45.4 Å². The molecule has 1 aromatic heterocycles. The first kappa shape index (κ1) is 24.6. The number of carbonyl (C=O) groups excluding carboxylic acids is 1. The molecule has 1 aromatic rings. The van der Waals surface area contributed by atoms with Gasteiger partial charge in [-0.1, -0.05) is 0 Å². The molecule has 0 unspecified atom stereocenters. The smallest absolute Gasteiger partial charge is 0.462 e. The van der Waals surface area contributed by atoms with Gasteiger partial charge in [0.25, 0.3) is 5.56 Å². The molecule has 3 aliphatic rings. The SMILES string of the molecule is C[C@@]1(Cl)[C@@H]2O[P@@](=O)(OCCCCC(=O)OC3CCCC3)OC[C@H]2O[C@H]1n1ccc(=O)[nH]c1=O. The van der Waals surface area contributed by atoms with Gasteiger partial charge in [0, 0.05) is 18.7 Å². The zero-order chi connectivity index (χ0) is 23.6. The highest BCUT2D eigenvalue weighted by atomic mass is 35.5. The molecule has 0 aromatic carbocycles. The third-order valence-corrected chi connectivity index (χ3v) is 7.90. The predicted octanol–water partition coefficient (Wildman–Crippen LogP) is 2.63. The number of ether oxygens (including phenoxy) is 2. The van der Waals surface area contributed by atoms with Gasteiger partial charge in [0.15, 0.2) is 6.23 Å². The van der Waals surface area contributed by atoms with Crippen molar-refractivity contribution in [2.45, 2.75) is 81.3 Å². The van der Waals surface area contributed by atoms with Gasteiger partial charge < -0.3 is 9.47 Å². The molecule has 13 heteroatoms. The molecule has 4 rings (SSSR count). The largest absolute Gasteiger partial charge is 0.475 e. The van der Waals surface area contributed by atoms with Gasteiger partial charge in [-0.25, -0.2) is 9.36 Å². The summed E-state index contributed by atoms with van der Waals surface area (Å²) in [5, 5.41) is 0. The van der Waals surface area contributed by atoms with Crippen LogP contribution in [0.25, 0.3) is 0 Å². The summed E-state index contributed by atoms with van der Waals surface area (Å²) in [6.45, 7) is 1.55. The number of H-pyrrole nitrogens is 1. The van der Waals surface area contributed by atoms with Crippen LogP contribution in [0.2, 0.25) is 0 Å². The third-order valence-electron chi connectivity index (χ3n) is 6.05. The number of fused-ring (bicyclic) bond motifs is 1. The number of esters is 1. The summed E-state index contributed by atoms with van der Waals surface area (Å²) in [5.41, 5.74) is -1.24. The molecule has 1 aliphatic carbocycles. The van der Waals surface area contributed by atoms with Crippen molar-refractivity contribution >= 4 is 25.4 Å². The number of aromatic amines is 1. The Bertz CT molecular complexity index is 1020. The number of nitrogens with zero attached hydrogens (tertiary/aromatic N) is 1. The lowest BCUT2D eigenvalue weighted by atomic mass is 10.0. The molecule has 3 fully saturated rings. The second-order valence-corrected chi connectivity index (χ2v) is 11.1. The van der Waals surface area contributed by atoms with E-state index in [9.17, 15) is 18.9 Å². The van der Waals surface area contributed by atoms with E-state index in [0.29, 0.717) is 12.8 Å². The average molecular weight is 507 g/mol. The Kier molecular flexibility index (Phi) is 7.47. The van der Waals surface area contributed by atoms with Crippen LogP contribution in [0.5, 0.6) is 0 Å². The van der Waals surface area contributed by atoms with E-state index in [0.717, 1.165) is 30.3 Å². The summed E-state index contributed by atoms with van der Waals surface area (Å²) in [6, 6.07) is 1.18. The minimum Gasteiger partial charge on any atom is -0.462 e. The normalized spacial score (nSPS) is 34.3. The fraction of sp³-hybridized carbons (Fsp3) is 0.750. The van der Waals surface area contributed by atoms with Crippen molar-refractivity contribution in [1.29, 1.82) is 0 Å². The van der Waals surface area contributed by atoms with Crippen LogP contribution in [-0.4, -0.2) is 51.9 Å². The molecule has 11 nitrogen and oxygen atoms in total. The fourth-order valence-corrected chi connectivity index (χ4v) is 6.24. The summed E-state index contributed by atoms with van der Waals surface area (Å²) in [5.74, 6) is -0.230. The number of halogens is 1. The molecule has 5 atom stereocenters. The zero-order valence-electron chi connectivity index (χ0n) is 18.3. The van der Waals surface area contributed by atoms with Crippen LogP contribution in [-0.2, 0) is 32.4 Å². The van der Waals surface area contributed by atoms with Crippen molar-refractivity contribution in [1.82, 2.24) is 9.55 Å². The molecule has 1 N–H and O–H groups in total. The van der Waals surface area contributed by atoms with Crippen LogP contribution < -0.4 is 11.2 Å². The minimum absolute atomic E-state index is 0.0379. The molecular formula is C20H28ClN2O9P. The molecule has 0 bridgehead atoms. The Labute approximate surface area is 195 Å². The highest BCUT2D eigenvalue weighted by Crippen LogP contribution is 2.60. The number of carbonyl (C=O) groups is 1. The first-order chi connectivity index (χ1) is 15.7. The Balaban J connectivity index is 1.28. The quantitative estimate of drug-likeness (QED) is 0.244. The van der Waals surface area contributed by atoms with Gasteiger partial charge in [-0.15, -0.1) is 11.6 Å². The second kappa shape index (κ2) is 10.0. The first-order valence-electron chi connectivity index (χ1n) is 11.1. The number of unbranched alkanes of at least 4 members (excludes halogenated alkanes) is 1. The van der Waals surface area contributed by atoms with Gasteiger partial charge in [-0.3, -0.25) is 32.7 Å². The standard InChI is InChI=1S/C20H28ClN2O9P/c1-20(21)17-14(31-18(20)23-10-9-15(24)22-19(23)26)12-29-33(27,32-17)28-11-5-4-8-16(25)30-13-6-2-3-7-13/h9-10,13-14,17-18H,2-8,11-12H2,1H3,(H,22,24,26)/t14-,17-,18-,20-,33+/m1/s1. The number of alkyl halides is 1. The van der Waals surface area contributed by atoms with Crippen molar-refractivity contribution in [3.05, 3.63) is 33.1 Å². The Morgan fingerprint density at radius 1 is 1.33 bits per heavy atom. The van der Waals surface area contributed by atoms with Crippen molar-refractivity contribution in [3.63, 3.8) is 0 Å². The first-order valence-corrected chi connectivity index (χ1v) is 12.9. The number of hydrogen-bond acceptors (Lipinski definition) is 9. The van der Waals surface area contributed by atoms with E-state index in [1.807, 2.05) is 0 Å². The number of rotatable bonds is 8. The van der Waals surface area contributed by atoms with Crippen LogP contribution in [0, 0.1) is 0 Å². The summed E-state index contributed by atoms with van der Waals surface area (Å²) in [7, 11) is -3.91. The number of phosphoric ester groups is 1. The lowest BCUT2D eigenvalue weighted by Crippen LogP contribution is -2.45. The lowest BCUT2D eigenvalue weighted by molar-refractivity contribution is -0.148. The van der Waals surface area contributed by atoms with Gasteiger partial charge in [0.2, 0.25) is 0 Å². The van der Waals surface area contributed by atoms with E-state index in [1.54, 1.807) is 6.92 Å². The van der Waals surface area contributed by atoms with Crippen LogP contribution in [0.1, 0.15) is 58.1 Å². The molecular weight excluding hydrogens is 479 g/mol. The van der Waals surface area contributed by atoms with Gasteiger partial charge in [0.1, 0.15) is 23.2 Å². The Morgan fingerprint density at radius 3 is 2.82 bits per heavy atom. The molecule has 0 spiro atoms. The molecule has 2 aliphatic heterocycles. The number of nitrogens with one attached hydrogen (secondary N) is 1. The summed E-state index contributed by atoms with van der Waals surface area (Å²) in [6.07, 6.45) is 4.05. The summed E-state index contributed by atoms with van der Waals surface area (Å²) < 4.78 is 41.7. The molecule has 184 valence electrons. The van der Waals surface area contributed by atoms with Gasteiger partial charge in [-0.2, -0.15) is 0 Å². The van der Waals surface area contributed by atoms with Crippen molar-refractivity contribution in [3.8, 4) is 0 Å². The molecule has 1 saturated carbocycles. The van der Waals surface area contributed by atoms with Crippen molar-refractivity contribution in [2.75, 3.05) is 13.2 Å². The number of aromatic nitrogens is 2. The van der Waals surface area contributed by atoms with E-state index in [4.69, 9.17) is 34.6 Å². The van der Waals surface area contributed by atoms with E-state index >= 15 is 0 Å². The number of phosphoric acid groups is 1. The van der Waals surface area contributed by atoms with Gasteiger partial charge in [0.05, 0.1) is 13.2 Å². The van der Waals surface area contributed by atoms with Crippen molar-refractivity contribution < 1.29 is 32.4 Å². The molecule has 3 heterocycles. The molecule has 2 saturated heterocycles. The lowest BCUT2D eigenvalue weighted by Gasteiger charge is -2.34. The monoisotopic (exact) mass is 506 g/mol. The van der Waals surface area contributed by atoms with Crippen LogP contribution in [0.3, 0.4) is 0 Å². The summed E-state index contributed by atoms with van der Waals surface area (Å²) in [4.78, 5) is 36.3. The topological polar surface area (TPSA) is 135 Å². The Hall–Kier alpha value is -1.49. The van der Waals surface area contributed by atoms with E-state index in [1.165, 1.54) is 12.3 Å².